The van der Waals surface area contributed by atoms with Crippen LogP contribution in [0.15, 0.2) is 48.5 Å². The summed E-state index contributed by atoms with van der Waals surface area (Å²) in [6, 6.07) is 10.0. The predicted molar refractivity (Wildman–Crippen MR) is 73.9 cm³/mol. The van der Waals surface area contributed by atoms with Crippen molar-refractivity contribution in [2.75, 3.05) is 6.54 Å². The summed E-state index contributed by atoms with van der Waals surface area (Å²) in [6.07, 6.45) is -3.97. The Bertz CT molecular complexity index is 650. The quantitative estimate of drug-likeness (QED) is 0.855. The lowest BCUT2D eigenvalue weighted by atomic mass is 10.1. The molecule has 0 unspecified atom stereocenters. The molecule has 0 aliphatic carbocycles. The smallest absolute Gasteiger partial charge is 0.352 e. The monoisotopic (exact) mass is 311 g/mol. The van der Waals surface area contributed by atoms with E-state index in [4.69, 9.17) is 0 Å². The van der Waals surface area contributed by atoms with E-state index in [1.165, 1.54) is 30.3 Å². The van der Waals surface area contributed by atoms with E-state index in [9.17, 15) is 22.4 Å². The number of alkyl halides is 3. The average molecular weight is 311 g/mol. The van der Waals surface area contributed by atoms with E-state index < -0.39 is 23.5 Å². The highest BCUT2D eigenvalue weighted by Gasteiger charge is 2.29. The molecule has 0 aliphatic rings. The lowest BCUT2D eigenvalue weighted by Crippen LogP contribution is -2.25. The van der Waals surface area contributed by atoms with E-state index in [0.29, 0.717) is 12.0 Å². The predicted octanol–water partition coefficient (Wildman–Crippen LogP) is 3.82. The highest BCUT2D eigenvalue weighted by Crippen LogP contribution is 2.29. The molecule has 6 heteroatoms. The fourth-order valence-electron chi connectivity index (χ4n) is 1.91. The molecule has 0 radical (unpaired) electrons. The minimum absolute atomic E-state index is 0.201. The maximum atomic E-state index is 13.0. The maximum Gasteiger partial charge on any atom is 0.416 e. The molecule has 2 aromatic rings. The summed E-state index contributed by atoms with van der Waals surface area (Å²) in [6.45, 7) is 0.251. The van der Waals surface area contributed by atoms with Crippen molar-refractivity contribution >= 4 is 5.91 Å². The minimum atomic E-state index is -4.36. The van der Waals surface area contributed by atoms with Gasteiger partial charge in [-0.1, -0.05) is 18.2 Å². The highest BCUT2D eigenvalue weighted by molar-refractivity contribution is 5.94. The van der Waals surface area contributed by atoms with Crippen molar-refractivity contribution in [3.8, 4) is 0 Å². The molecular weight excluding hydrogens is 298 g/mol. The van der Waals surface area contributed by atoms with E-state index >= 15 is 0 Å². The van der Waals surface area contributed by atoms with E-state index in [2.05, 4.69) is 5.32 Å². The van der Waals surface area contributed by atoms with Crippen molar-refractivity contribution in [3.05, 3.63) is 71.0 Å². The number of carbonyl (C=O) groups is 1. The molecule has 0 fully saturated rings. The molecule has 0 atom stereocenters. The first-order valence-electron chi connectivity index (χ1n) is 6.56. The summed E-state index contributed by atoms with van der Waals surface area (Å²) in [5, 5.41) is 2.59. The molecule has 0 saturated heterocycles. The van der Waals surface area contributed by atoms with Crippen LogP contribution in [0.1, 0.15) is 21.5 Å². The summed E-state index contributed by atoms with van der Waals surface area (Å²) in [5.74, 6) is -0.929. The second-order valence-electron chi connectivity index (χ2n) is 4.71. The van der Waals surface area contributed by atoms with Crippen LogP contribution in [0, 0.1) is 5.82 Å². The van der Waals surface area contributed by atoms with Crippen molar-refractivity contribution < 1.29 is 22.4 Å². The zero-order chi connectivity index (χ0) is 16.2. The van der Waals surface area contributed by atoms with Gasteiger partial charge in [-0.05, 0) is 42.3 Å². The number of amides is 1. The first-order chi connectivity index (χ1) is 10.4. The minimum Gasteiger partial charge on any atom is -0.352 e. The second kappa shape index (κ2) is 6.60. The Morgan fingerprint density at radius 2 is 1.73 bits per heavy atom. The summed E-state index contributed by atoms with van der Waals surface area (Å²) in [5.41, 5.74) is 0.167. The number of nitrogens with one attached hydrogen (secondary N) is 1. The Labute approximate surface area is 124 Å². The molecule has 0 aromatic heterocycles. The topological polar surface area (TPSA) is 29.1 Å². The third kappa shape index (κ3) is 4.31. The Morgan fingerprint density at radius 3 is 2.32 bits per heavy atom. The molecular formula is C16H13F4NO. The van der Waals surface area contributed by atoms with Gasteiger partial charge in [-0.3, -0.25) is 4.79 Å². The van der Waals surface area contributed by atoms with Gasteiger partial charge in [-0.15, -0.1) is 0 Å². The Morgan fingerprint density at radius 1 is 1.05 bits per heavy atom. The first-order valence-corrected chi connectivity index (χ1v) is 6.56. The van der Waals surface area contributed by atoms with Gasteiger partial charge in [-0.2, -0.15) is 13.2 Å². The van der Waals surface area contributed by atoms with Gasteiger partial charge < -0.3 is 5.32 Å². The standard InChI is InChI=1S/C16H13F4NO/c17-14-3-1-2-12(10-14)15(22)21-9-8-11-4-6-13(7-5-11)16(18,19)20/h1-7,10H,8-9H2,(H,21,22). The molecule has 22 heavy (non-hydrogen) atoms. The van der Waals surface area contributed by atoms with E-state index in [1.807, 2.05) is 0 Å². The van der Waals surface area contributed by atoms with E-state index in [-0.39, 0.29) is 12.1 Å². The molecule has 2 aromatic carbocycles. The van der Waals surface area contributed by atoms with Crippen LogP contribution in [0.4, 0.5) is 17.6 Å². The fraction of sp³-hybridized carbons (Fsp3) is 0.188. The normalized spacial score (nSPS) is 11.3. The van der Waals surface area contributed by atoms with Gasteiger partial charge in [0.25, 0.3) is 5.91 Å². The third-order valence-corrected chi connectivity index (χ3v) is 3.07. The van der Waals surface area contributed by atoms with Gasteiger partial charge >= 0.3 is 6.18 Å². The Balaban J connectivity index is 1.87. The van der Waals surface area contributed by atoms with Crippen molar-refractivity contribution in [2.24, 2.45) is 0 Å². The lowest BCUT2D eigenvalue weighted by molar-refractivity contribution is -0.137. The number of benzene rings is 2. The second-order valence-corrected chi connectivity index (χ2v) is 4.71. The van der Waals surface area contributed by atoms with Crippen LogP contribution in [-0.2, 0) is 12.6 Å². The van der Waals surface area contributed by atoms with Gasteiger partial charge in [0.2, 0.25) is 0 Å². The van der Waals surface area contributed by atoms with E-state index in [0.717, 1.165) is 18.2 Å². The molecule has 1 N–H and O–H groups in total. The molecule has 0 aliphatic heterocycles. The number of hydrogen-bond donors (Lipinski definition) is 1. The van der Waals surface area contributed by atoms with Crippen LogP contribution in [0.2, 0.25) is 0 Å². The zero-order valence-electron chi connectivity index (χ0n) is 11.5. The van der Waals surface area contributed by atoms with Crippen molar-refractivity contribution in [3.63, 3.8) is 0 Å². The molecule has 1 amide bonds. The van der Waals surface area contributed by atoms with Crippen molar-refractivity contribution in [1.82, 2.24) is 5.32 Å². The highest BCUT2D eigenvalue weighted by atomic mass is 19.4. The van der Waals surface area contributed by atoms with Gasteiger partial charge in [-0.25, -0.2) is 4.39 Å². The first kappa shape index (κ1) is 16.0. The van der Waals surface area contributed by atoms with Crippen molar-refractivity contribution in [2.45, 2.75) is 12.6 Å². The van der Waals surface area contributed by atoms with Crippen LogP contribution in [0.3, 0.4) is 0 Å². The van der Waals surface area contributed by atoms with Gasteiger partial charge in [0.15, 0.2) is 0 Å². The molecule has 2 nitrogen and oxygen atoms in total. The summed E-state index contributed by atoms with van der Waals surface area (Å²) >= 11 is 0. The van der Waals surface area contributed by atoms with E-state index in [1.54, 1.807) is 0 Å². The molecule has 2 rings (SSSR count). The molecule has 0 spiro atoms. The van der Waals surface area contributed by atoms with Crippen LogP contribution in [-0.4, -0.2) is 12.5 Å². The SMILES string of the molecule is O=C(NCCc1ccc(C(F)(F)F)cc1)c1cccc(F)c1. The molecule has 0 saturated carbocycles. The molecule has 0 bridgehead atoms. The molecule has 116 valence electrons. The van der Waals surface area contributed by atoms with Crippen LogP contribution in [0.5, 0.6) is 0 Å². The van der Waals surface area contributed by atoms with Gasteiger partial charge in [0.1, 0.15) is 5.82 Å². The summed E-state index contributed by atoms with van der Waals surface area (Å²) in [7, 11) is 0. The number of halogens is 4. The van der Waals surface area contributed by atoms with Gasteiger partial charge in [0.05, 0.1) is 5.56 Å². The largest absolute Gasteiger partial charge is 0.416 e. The van der Waals surface area contributed by atoms with Crippen LogP contribution < -0.4 is 5.32 Å². The fourth-order valence-corrected chi connectivity index (χ4v) is 1.91. The molecule has 0 heterocycles. The average Bonchev–Trinajstić information content (AvgIpc) is 2.47. The lowest BCUT2D eigenvalue weighted by Gasteiger charge is -2.08. The number of hydrogen-bond acceptors (Lipinski definition) is 1. The van der Waals surface area contributed by atoms with Crippen molar-refractivity contribution in [1.29, 1.82) is 0 Å². The number of carbonyl (C=O) groups excluding carboxylic acids is 1. The van der Waals surface area contributed by atoms with Crippen LogP contribution >= 0.6 is 0 Å². The van der Waals surface area contributed by atoms with Gasteiger partial charge in [0, 0.05) is 12.1 Å². The maximum absolute atomic E-state index is 13.0. The van der Waals surface area contributed by atoms with Crippen LogP contribution in [0.25, 0.3) is 0 Å². The Kier molecular flexibility index (Phi) is 4.80. The number of rotatable bonds is 4. The summed E-state index contributed by atoms with van der Waals surface area (Å²) in [4.78, 5) is 11.7. The Hall–Kier alpha value is -2.37. The zero-order valence-corrected chi connectivity index (χ0v) is 11.5. The summed E-state index contributed by atoms with van der Waals surface area (Å²) < 4.78 is 50.2. The third-order valence-electron chi connectivity index (χ3n) is 3.07.